The van der Waals surface area contributed by atoms with E-state index in [9.17, 15) is 4.79 Å². The second-order valence-electron chi connectivity index (χ2n) is 7.38. The van der Waals surface area contributed by atoms with E-state index in [4.69, 9.17) is 4.74 Å². The van der Waals surface area contributed by atoms with E-state index in [1.54, 1.807) is 19.2 Å². The van der Waals surface area contributed by atoms with Gasteiger partial charge in [-0.1, -0.05) is 51.1 Å². The number of ether oxygens (including phenoxy) is 1. The predicted molar refractivity (Wildman–Crippen MR) is 111 cm³/mol. The Kier molecular flexibility index (Phi) is 5.59. The van der Waals surface area contributed by atoms with Crippen LogP contribution in [0.4, 0.5) is 17.2 Å². The molecule has 6 heteroatoms. The molecule has 0 aliphatic carbocycles. The SMILES string of the molecule is COc1ccccc1Nc1ccc(C(=O)Nc2ccccc2C(C)(C)C)nn1. The van der Waals surface area contributed by atoms with E-state index in [0.29, 0.717) is 11.6 Å². The Morgan fingerprint density at radius 3 is 2.21 bits per heavy atom. The molecule has 0 fully saturated rings. The van der Waals surface area contributed by atoms with Crippen LogP contribution in [0.2, 0.25) is 0 Å². The van der Waals surface area contributed by atoms with E-state index < -0.39 is 0 Å². The number of carbonyl (C=O) groups excluding carboxylic acids is 1. The number of aromatic nitrogens is 2. The van der Waals surface area contributed by atoms with Crippen molar-refractivity contribution in [1.82, 2.24) is 10.2 Å². The molecule has 3 aromatic rings. The van der Waals surface area contributed by atoms with Crippen LogP contribution in [0, 0.1) is 0 Å². The van der Waals surface area contributed by atoms with Crippen molar-refractivity contribution in [2.45, 2.75) is 26.2 Å². The standard InChI is InChI=1S/C22H24N4O2/c1-22(2,3)15-9-5-6-10-16(15)24-21(27)18-13-14-20(26-25-18)23-17-11-7-8-12-19(17)28-4/h5-14H,1-4H3,(H,23,26)(H,24,27). The van der Waals surface area contributed by atoms with E-state index in [-0.39, 0.29) is 17.0 Å². The van der Waals surface area contributed by atoms with E-state index in [1.165, 1.54) is 0 Å². The minimum absolute atomic E-state index is 0.0852. The van der Waals surface area contributed by atoms with Crippen molar-refractivity contribution in [3.8, 4) is 5.75 Å². The Hall–Kier alpha value is -3.41. The molecule has 0 unspecified atom stereocenters. The summed E-state index contributed by atoms with van der Waals surface area (Å²) in [6.45, 7) is 6.32. The van der Waals surface area contributed by atoms with Gasteiger partial charge in [0.15, 0.2) is 11.5 Å². The Balaban J connectivity index is 1.75. The van der Waals surface area contributed by atoms with E-state index in [0.717, 1.165) is 16.9 Å². The maximum atomic E-state index is 12.6. The van der Waals surface area contributed by atoms with Gasteiger partial charge in [0, 0.05) is 5.69 Å². The van der Waals surface area contributed by atoms with Gasteiger partial charge in [0.25, 0.3) is 5.91 Å². The van der Waals surface area contributed by atoms with Crippen LogP contribution in [0.5, 0.6) is 5.75 Å². The Morgan fingerprint density at radius 1 is 0.893 bits per heavy atom. The van der Waals surface area contributed by atoms with Crippen molar-refractivity contribution >= 4 is 23.1 Å². The maximum absolute atomic E-state index is 12.6. The molecule has 0 radical (unpaired) electrons. The molecule has 0 atom stereocenters. The lowest BCUT2D eigenvalue weighted by Gasteiger charge is -2.22. The Bertz CT molecular complexity index is 963. The molecule has 3 rings (SSSR count). The topological polar surface area (TPSA) is 76.1 Å². The van der Waals surface area contributed by atoms with Crippen LogP contribution in [0.15, 0.2) is 60.7 Å². The first-order valence-corrected chi connectivity index (χ1v) is 9.03. The molecule has 2 aromatic carbocycles. The number of rotatable bonds is 5. The zero-order chi connectivity index (χ0) is 20.1. The van der Waals surface area contributed by atoms with Crippen LogP contribution < -0.4 is 15.4 Å². The monoisotopic (exact) mass is 376 g/mol. The largest absolute Gasteiger partial charge is 0.495 e. The number of anilines is 3. The second kappa shape index (κ2) is 8.08. The van der Waals surface area contributed by atoms with Gasteiger partial charge in [-0.15, -0.1) is 10.2 Å². The average molecular weight is 376 g/mol. The molecule has 28 heavy (non-hydrogen) atoms. The van der Waals surface area contributed by atoms with Gasteiger partial charge >= 0.3 is 0 Å². The van der Waals surface area contributed by atoms with Crippen molar-refractivity contribution in [2.24, 2.45) is 0 Å². The molecule has 6 nitrogen and oxygen atoms in total. The summed E-state index contributed by atoms with van der Waals surface area (Å²) in [6, 6.07) is 18.6. The molecule has 1 heterocycles. The molecule has 1 aromatic heterocycles. The van der Waals surface area contributed by atoms with Crippen molar-refractivity contribution < 1.29 is 9.53 Å². The molecular weight excluding hydrogens is 352 g/mol. The second-order valence-corrected chi connectivity index (χ2v) is 7.38. The van der Waals surface area contributed by atoms with Gasteiger partial charge in [0.05, 0.1) is 12.8 Å². The highest BCUT2D eigenvalue weighted by atomic mass is 16.5. The van der Waals surface area contributed by atoms with E-state index in [1.807, 2.05) is 48.5 Å². The van der Waals surface area contributed by atoms with Gasteiger partial charge in [0.1, 0.15) is 5.75 Å². The van der Waals surface area contributed by atoms with Gasteiger partial charge in [-0.2, -0.15) is 0 Å². The summed E-state index contributed by atoms with van der Waals surface area (Å²) in [5, 5.41) is 14.2. The van der Waals surface area contributed by atoms with Crippen molar-refractivity contribution in [1.29, 1.82) is 0 Å². The van der Waals surface area contributed by atoms with Gasteiger partial charge < -0.3 is 15.4 Å². The van der Waals surface area contributed by atoms with Crippen LogP contribution in [-0.4, -0.2) is 23.2 Å². The van der Waals surface area contributed by atoms with Crippen molar-refractivity contribution in [3.05, 3.63) is 71.9 Å². The summed E-state index contributed by atoms with van der Waals surface area (Å²) in [7, 11) is 1.61. The Morgan fingerprint density at radius 2 is 1.57 bits per heavy atom. The van der Waals surface area contributed by atoms with Gasteiger partial charge in [-0.3, -0.25) is 4.79 Å². The summed E-state index contributed by atoms with van der Waals surface area (Å²) < 4.78 is 5.31. The first-order valence-electron chi connectivity index (χ1n) is 9.03. The number of para-hydroxylation sites is 3. The molecule has 144 valence electrons. The first kappa shape index (κ1) is 19.4. The number of methoxy groups -OCH3 is 1. The lowest BCUT2D eigenvalue weighted by atomic mass is 9.86. The molecule has 2 N–H and O–H groups in total. The van der Waals surface area contributed by atoms with E-state index >= 15 is 0 Å². The third-order valence-corrected chi connectivity index (χ3v) is 4.25. The molecule has 0 spiro atoms. The fourth-order valence-electron chi connectivity index (χ4n) is 2.84. The minimum atomic E-state index is -0.298. The Labute approximate surface area is 165 Å². The van der Waals surface area contributed by atoms with Crippen LogP contribution >= 0.6 is 0 Å². The fourth-order valence-corrected chi connectivity index (χ4v) is 2.84. The predicted octanol–water partition coefficient (Wildman–Crippen LogP) is 4.78. The average Bonchev–Trinajstić information content (AvgIpc) is 2.68. The molecule has 0 saturated heterocycles. The molecule has 0 bridgehead atoms. The van der Waals surface area contributed by atoms with Crippen LogP contribution in [0.25, 0.3) is 0 Å². The summed E-state index contributed by atoms with van der Waals surface area (Å²) in [6.07, 6.45) is 0. The highest BCUT2D eigenvalue weighted by Crippen LogP contribution is 2.29. The zero-order valence-corrected chi connectivity index (χ0v) is 16.5. The molecule has 0 aliphatic heterocycles. The summed E-state index contributed by atoms with van der Waals surface area (Å²) in [5.41, 5.74) is 2.77. The molecule has 0 saturated carbocycles. The van der Waals surface area contributed by atoms with Gasteiger partial charge in [0.2, 0.25) is 0 Å². The maximum Gasteiger partial charge on any atom is 0.276 e. The summed E-state index contributed by atoms with van der Waals surface area (Å²) in [4.78, 5) is 12.6. The summed E-state index contributed by atoms with van der Waals surface area (Å²) in [5.74, 6) is 0.925. The number of hydrogen-bond donors (Lipinski definition) is 2. The molecular formula is C22H24N4O2. The normalized spacial score (nSPS) is 11.0. The van der Waals surface area contributed by atoms with Crippen LogP contribution in [0.1, 0.15) is 36.8 Å². The van der Waals surface area contributed by atoms with Crippen LogP contribution in [0.3, 0.4) is 0 Å². The lowest BCUT2D eigenvalue weighted by Crippen LogP contribution is -2.19. The number of carbonyl (C=O) groups is 1. The molecule has 1 amide bonds. The fraction of sp³-hybridized carbons (Fsp3) is 0.227. The number of amides is 1. The van der Waals surface area contributed by atoms with Crippen molar-refractivity contribution in [2.75, 3.05) is 17.7 Å². The van der Waals surface area contributed by atoms with Gasteiger partial charge in [-0.25, -0.2) is 0 Å². The quantitative estimate of drug-likeness (QED) is 0.670. The van der Waals surface area contributed by atoms with Crippen molar-refractivity contribution in [3.63, 3.8) is 0 Å². The zero-order valence-electron chi connectivity index (χ0n) is 16.5. The third kappa shape index (κ3) is 4.46. The van der Waals surface area contributed by atoms with Gasteiger partial charge in [-0.05, 0) is 41.3 Å². The van der Waals surface area contributed by atoms with Crippen LogP contribution in [-0.2, 0) is 5.41 Å². The number of nitrogens with zero attached hydrogens (tertiary/aromatic N) is 2. The highest BCUT2D eigenvalue weighted by Gasteiger charge is 2.19. The summed E-state index contributed by atoms with van der Waals surface area (Å²) >= 11 is 0. The number of benzene rings is 2. The number of hydrogen-bond acceptors (Lipinski definition) is 5. The minimum Gasteiger partial charge on any atom is -0.495 e. The van der Waals surface area contributed by atoms with E-state index in [2.05, 4.69) is 41.6 Å². The first-order chi connectivity index (χ1) is 13.4. The lowest BCUT2D eigenvalue weighted by molar-refractivity contribution is 0.102. The third-order valence-electron chi connectivity index (χ3n) is 4.25. The molecule has 0 aliphatic rings. The smallest absolute Gasteiger partial charge is 0.276 e. The number of nitrogens with one attached hydrogen (secondary N) is 2. The highest BCUT2D eigenvalue weighted by molar-refractivity contribution is 6.03.